The molecule has 3 aromatic rings. The van der Waals surface area contributed by atoms with Gasteiger partial charge in [-0.1, -0.05) is 35.6 Å². The fourth-order valence-electron chi connectivity index (χ4n) is 3.52. The summed E-state index contributed by atoms with van der Waals surface area (Å²) in [6.45, 7) is 5.66. The van der Waals surface area contributed by atoms with Gasteiger partial charge in [-0.05, 0) is 38.1 Å². The second-order valence-electron chi connectivity index (χ2n) is 7.16. The highest BCUT2D eigenvalue weighted by Gasteiger charge is 2.34. The van der Waals surface area contributed by atoms with Crippen molar-refractivity contribution in [1.29, 1.82) is 0 Å². The van der Waals surface area contributed by atoms with E-state index in [-0.39, 0.29) is 18.4 Å². The van der Waals surface area contributed by atoms with Crippen LogP contribution < -0.4 is 10.6 Å². The molecule has 0 saturated heterocycles. The first-order valence-electron chi connectivity index (χ1n) is 10.5. The minimum atomic E-state index is -0.279. The fourth-order valence-corrected chi connectivity index (χ4v) is 3.73. The first kappa shape index (κ1) is 21.6. The monoisotopic (exact) mass is 447 g/mol. The van der Waals surface area contributed by atoms with E-state index in [4.69, 9.17) is 11.6 Å². The summed E-state index contributed by atoms with van der Waals surface area (Å²) in [4.78, 5) is 35.4. The van der Waals surface area contributed by atoms with Gasteiger partial charge in [-0.3, -0.25) is 14.5 Å². The van der Waals surface area contributed by atoms with E-state index >= 15 is 0 Å². The third kappa shape index (κ3) is 4.10. The predicted molar refractivity (Wildman–Crippen MR) is 126 cm³/mol. The lowest BCUT2D eigenvalue weighted by Gasteiger charge is -2.12. The van der Waals surface area contributed by atoms with E-state index in [1.807, 2.05) is 13.8 Å². The Hall–Kier alpha value is -3.63. The van der Waals surface area contributed by atoms with Crippen LogP contribution in [0.5, 0.6) is 0 Å². The summed E-state index contributed by atoms with van der Waals surface area (Å²) in [5.74, 6) is 6.85. The molecule has 0 saturated carbocycles. The Morgan fingerprint density at radius 2 is 1.50 bits per heavy atom. The normalized spacial score (nSPS) is 12.5. The number of hydrogen-bond donors (Lipinski definition) is 2. The van der Waals surface area contributed by atoms with E-state index in [0.29, 0.717) is 50.8 Å². The summed E-state index contributed by atoms with van der Waals surface area (Å²) in [7, 11) is 0. The first-order chi connectivity index (χ1) is 15.5. The van der Waals surface area contributed by atoms with Crippen LogP contribution in [0.3, 0.4) is 0 Å². The molecular formula is C24H22ClN5O2. The molecule has 2 heterocycles. The number of amides is 2. The number of hydrogen-bond acceptors (Lipinski definition) is 6. The molecule has 1 aromatic heterocycles. The smallest absolute Gasteiger partial charge is 0.261 e. The van der Waals surface area contributed by atoms with Gasteiger partial charge in [-0.15, -0.1) is 0 Å². The highest BCUT2D eigenvalue weighted by molar-refractivity contribution is 6.32. The van der Waals surface area contributed by atoms with Gasteiger partial charge in [0.15, 0.2) is 11.6 Å². The minimum Gasteiger partial charge on any atom is -0.367 e. The topological polar surface area (TPSA) is 87.2 Å². The van der Waals surface area contributed by atoms with E-state index in [0.717, 1.165) is 13.1 Å². The molecule has 0 unspecified atom stereocenters. The lowest BCUT2D eigenvalue weighted by atomic mass is 10.1. The van der Waals surface area contributed by atoms with Gasteiger partial charge in [0.1, 0.15) is 0 Å². The van der Waals surface area contributed by atoms with Crippen molar-refractivity contribution in [1.82, 2.24) is 14.9 Å². The fraction of sp³-hybridized carbons (Fsp3) is 0.250. The van der Waals surface area contributed by atoms with Crippen molar-refractivity contribution in [2.45, 2.75) is 20.3 Å². The van der Waals surface area contributed by atoms with E-state index in [1.54, 1.807) is 36.4 Å². The second-order valence-corrected chi connectivity index (χ2v) is 7.57. The molecule has 1 aliphatic heterocycles. The average molecular weight is 448 g/mol. The van der Waals surface area contributed by atoms with Crippen molar-refractivity contribution >= 4 is 46.1 Å². The number of halogens is 1. The summed E-state index contributed by atoms with van der Waals surface area (Å²) in [6, 6.07) is 10.4. The van der Waals surface area contributed by atoms with Crippen LogP contribution in [0, 0.1) is 11.8 Å². The third-order valence-electron chi connectivity index (χ3n) is 5.00. The van der Waals surface area contributed by atoms with E-state index in [9.17, 15) is 9.59 Å². The molecule has 0 aliphatic carbocycles. The zero-order valence-electron chi connectivity index (χ0n) is 17.8. The largest absolute Gasteiger partial charge is 0.367 e. The van der Waals surface area contributed by atoms with Crippen LogP contribution in [0.15, 0.2) is 36.4 Å². The van der Waals surface area contributed by atoms with Crippen molar-refractivity contribution in [3.8, 4) is 11.8 Å². The Balaban J connectivity index is 1.53. The number of nitrogens with zero attached hydrogens (tertiary/aromatic N) is 3. The number of carbonyl (C=O) groups excluding carboxylic acids is 2. The molecule has 0 radical (unpaired) electrons. The van der Waals surface area contributed by atoms with Gasteiger partial charge in [0.25, 0.3) is 11.8 Å². The lowest BCUT2D eigenvalue weighted by molar-refractivity contribution is 0.0658. The van der Waals surface area contributed by atoms with Crippen molar-refractivity contribution in [3.05, 3.63) is 58.1 Å². The van der Waals surface area contributed by atoms with E-state index in [1.165, 1.54) is 4.90 Å². The van der Waals surface area contributed by atoms with Gasteiger partial charge >= 0.3 is 0 Å². The van der Waals surface area contributed by atoms with Crippen molar-refractivity contribution in [2.75, 3.05) is 30.3 Å². The third-order valence-corrected chi connectivity index (χ3v) is 5.32. The average Bonchev–Trinajstić information content (AvgIpc) is 3.03. The SMILES string of the molecule is CCNc1nc2cc(Cl)c(C#CCCN3C(=O)c4ccccc4C3=O)cc2nc1NCC. The summed E-state index contributed by atoms with van der Waals surface area (Å²) < 4.78 is 0. The number of anilines is 2. The van der Waals surface area contributed by atoms with Crippen LogP contribution in [0.2, 0.25) is 5.02 Å². The summed E-state index contributed by atoms with van der Waals surface area (Å²) >= 11 is 6.42. The molecule has 2 aromatic carbocycles. The van der Waals surface area contributed by atoms with Gasteiger partial charge in [-0.25, -0.2) is 9.97 Å². The van der Waals surface area contributed by atoms with Crippen LogP contribution in [0.25, 0.3) is 11.0 Å². The number of aromatic nitrogens is 2. The van der Waals surface area contributed by atoms with Crippen molar-refractivity contribution in [2.24, 2.45) is 0 Å². The van der Waals surface area contributed by atoms with Crippen molar-refractivity contribution < 1.29 is 9.59 Å². The summed E-state index contributed by atoms with van der Waals surface area (Å²) in [6.07, 6.45) is 0.341. The number of carbonyl (C=O) groups is 2. The summed E-state index contributed by atoms with van der Waals surface area (Å²) in [5, 5.41) is 6.89. The van der Waals surface area contributed by atoms with Gasteiger partial charge < -0.3 is 10.6 Å². The Morgan fingerprint density at radius 1 is 0.938 bits per heavy atom. The number of benzene rings is 2. The van der Waals surface area contributed by atoms with Gasteiger partial charge in [0.05, 0.1) is 27.2 Å². The maximum atomic E-state index is 12.4. The molecule has 0 spiro atoms. The molecule has 0 bridgehead atoms. The number of imide groups is 1. The second kappa shape index (κ2) is 9.25. The highest BCUT2D eigenvalue weighted by Crippen LogP contribution is 2.26. The van der Waals surface area contributed by atoms with Crippen LogP contribution in [-0.2, 0) is 0 Å². The van der Waals surface area contributed by atoms with Crippen LogP contribution in [-0.4, -0.2) is 46.3 Å². The Kier molecular flexibility index (Phi) is 6.24. The number of fused-ring (bicyclic) bond motifs is 2. The van der Waals surface area contributed by atoms with Crippen molar-refractivity contribution in [3.63, 3.8) is 0 Å². The lowest BCUT2D eigenvalue weighted by Crippen LogP contribution is -2.30. The molecule has 8 heteroatoms. The Labute approximate surface area is 191 Å². The number of nitrogens with one attached hydrogen (secondary N) is 2. The van der Waals surface area contributed by atoms with Crippen LogP contribution >= 0.6 is 11.6 Å². The Bertz CT molecular complexity index is 1240. The molecule has 4 rings (SSSR count). The van der Waals surface area contributed by atoms with Gasteiger partial charge in [0, 0.05) is 31.6 Å². The van der Waals surface area contributed by atoms with Crippen LogP contribution in [0.1, 0.15) is 46.5 Å². The highest BCUT2D eigenvalue weighted by atomic mass is 35.5. The molecule has 32 heavy (non-hydrogen) atoms. The molecular weight excluding hydrogens is 426 g/mol. The first-order valence-corrected chi connectivity index (χ1v) is 10.8. The molecule has 0 fully saturated rings. The zero-order chi connectivity index (χ0) is 22.7. The standard InChI is InChI=1S/C24H22ClN5O2/c1-3-26-21-22(27-4-2)29-20-14-18(25)15(13-19(20)28-21)9-7-8-12-30-23(31)16-10-5-6-11-17(16)24(30)32/h5-6,10-11,13-14H,3-4,8,12H2,1-2H3,(H,26,28)(H,27,29). The summed E-state index contributed by atoms with van der Waals surface area (Å²) in [5.41, 5.74) is 2.85. The molecule has 1 aliphatic rings. The van der Waals surface area contributed by atoms with Gasteiger partial charge in [0.2, 0.25) is 0 Å². The maximum Gasteiger partial charge on any atom is 0.261 e. The predicted octanol–water partition coefficient (Wildman–Crippen LogP) is 4.18. The minimum absolute atomic E-state index is 0.223. The molecule has 2 amide bonds. The molecule has 162 valence electrons. The zero-order valence-corrected chi connectivity index (χ0v) is 18.6. The van der Waals surface area contributed by atoms with Gasteiger partial charge in [-0.2, -0.15) is 0 Å². The Morgan fingerprint density at radius 3 is 2.06 bits per heavy atom. The van der Waals surface area contributed by atoms with Crippen LogP contribution in [0.4, 0.5) is 11.6 Å². The van der Waals surface area contributed by atoms with E-state index < -0.39 is 0 Å². The molecule has 0 atom stereocenters. The quantitative estimate of drug-likeness (QED) is 0.435. The van der Waals surface area contributed by atoms with E-state index in [2.05, 4.69) is 32.4 Å². The molecule has 7 nitrogen and oxygen atoms in total. The number of rotatable bonds is 6. The maximum absolute atomic E-state index is 12.4. The molecule has 2 N–H and O–H groups in total.